The Morgan fingerprint density at radius 3 is 2.67 bits per heavy atom. The molecule has 1 heterocycles. The molecule has 0 spiro atoms. The van der Waals surface area contributed by atoms with E-state index in [1.54, 1.807) is 0 Å². The summed E-state index contributed by atoms with van der Waals surface area (Å²) < 4.78 is 18.4. The zero-order chi connectivity index (χ0) is 20.5. The van der Waals surface area contributed by atoms with Gasteiger partial charge in [0.15, 0.2) is 5.96 Å². The average Bonchev–Trinajstić information content (AvgIpc) is 3.21. The number of aliphatic hydroxyl groups excluding tert-OH is 1. The first-order valence-corrected chi connectivity index (χ1v) is 10.1. The smallest absolute Gasteiger partial charge is 0.191 e. The maximum absolute atomic E-state index is 12.9. The number of anilines is 1. The molecule has 0 aromatic heterocycles. The van der Waals surface area contributed by atoms with E-state index < -0.39 is 6.10 Å². The van der Waals surface area contributed by atoms with Crippen LogP contribution in [0.1, 0.15) is 13.3 Å². The van der Waals surface area contributed by atoms with Crippen molar-refractivity contribution in [2.75, 3.05) is 37.7 Å². The van der Waals surface area contributed by atoms with Crippen LogP contribution in [0.15, 0.2) is 59.6 Å². The number of aliphatic hydroxyl groups is 1. The van der Waals surface area contributed by atoms with Crippen molar-refractivity contribution < 1.29 is 14.2 Å². The van der Waals surface area contributed by atoms with Crippen molar-refractivity contribution in [3.63, 3.8) is 0 Å². The minimum Gasteiger partial charge on any atom is -0.491 e. The Balaban J connectivity index is 0.00000320. The van der Waals surface area contributed by atoms with Gasteiger partial charge < -0.3 is 25.4 Å². The maximum Gasteiger partial charge on any atom is 0.191 e. The van der Waals surface area contributed by atoms with Crippen LogP contribution in [0.3, 0.4) is 0 Å². The predicted molar refractivity (Wildman–Crippen MR) is 129 cm³/mol. The van der Waals surface area contributed by atoms with E-state index in [1.807, 2.05) is 13.0 Å². The number of nitrogens with zero attached hydrogens (tertiary/aromatic N) is 2. The number of aliphatic imine (C=N–C) groups is 1. The van der Waals surface area contributed by atoms with E-state index in [0.717, 1.165) is 26.1 Å². The summed E-state index contributed by atoms with van der Waals surface area (Å²) >= 11 is 0. The highest BCUT2D eigenvalue weighted by Gasteiger charge is 2.23. The molecule has 1 aliphatic heterocycles. The summed E-state index contributed by atoms with van der Waals surface area (Å²) in [6.07, 6.45) is 0.273. The molecule has 2 atom stereocenters. The second kappa shape index (κ2) is 12.6. The minimum absolute atomic E-state index is 0. The summed E-state index contributed by atoms with van der Waals surface area (Å²) in [7, 11) is 0. The third kappa shape index (κ3) is 7.64. The lowest BCUT2D eigenvalue weighted by Gasteiger charge is -2.20. The Morgan fingerprint density at radius 1 is 1.23 bits per heavy atom. The third-order valence-electron chi connectivity index (χ3n) is 4.71. The third-order valence-corrected chi connectivity index (χ3v) is 4.71. The van der Waals surface area contributed by atoms with E-state index >= 15 is 0 Å². The summed E-state index contributed by atoms with van der Waals surface area (Å²) in [5.41, 5.74) is 1.23. The van der Waals surface area contributed by atoms with Crippen LogP contribution in [0.4, 0.5) is 10.1 Å². The Bertz CT molecular complexity index is 776. The molecule has 3 N–H and O–H groups in total. The number of benzene rings is 2. The van der Waals surface area contributed by atoms with Gasteiger partial charge in [0, 0.05) is 31.4 Å². The largest absolute Gasteiger partial charge is 0.491 e. The number of para-hydroxylation sites is 1. The molecule has 0 radical (unpaired) electrons. The molecule has 2 aromatic carbocycles. The fraction of sp³-hybridized carbons (Fsp3) is 0.409. The lowest BCUT2D eigenvalue weighted by atomic mass is 10.2. The van der Waals surface area contributed by atoms with Gasteiger partial charge in [-0.25, -0.2) is 4.39 Å². The summed E-state index contributed by atoms with van der Waals surface area (Å²) in [6.45, 7) is 4.96. The van der Waals surface area contributed by atoms with Crippen molar-refractivity contribution in [1.29, 1.82) is 0 Å². The fourth-order valence-electron chi connectivity index (χ4n) is 3.24. The fourth-order valence-corrected chi connectivity index (χ4v) is 3.24. The SMILES string of the molecule is CCNC(=NCC(O)COc1ccc(F)cc1)NC1CCN(c2ccccc2)C1.I. The summed E-state index contributed by atoms with van der Waals surface area (Å²) in [5.74, 6) is 0.890. The Hall–Kier alpha value is -2.07. The van der Waals surface area contributed by atoms with Crippen molar-refractivity contribution in [2.24, 2.45) is 4.99 Å². The molecule has 164 valence electrons. The van der Waals surface area contributed by atoms with Gasteiger partial charge in [0.25, 0.3) is 0 Å². The maximum atomic E-state index is 12.9. The van der Waals surface area contributed by atoms with Crippen LogP contribution in [0.25, 0.3) is 0 Å². The van der Waals surface area contributed by atoms with E-state index in [1.165, 1.54) is 30.0 Å². The number of guanidine groups is 1. The van der Waals surface area contributed by atoms with Crippen LogP contribution in [0, 0.1) is 5.82 Å². The number of ether oxygens (including phenoxy) is 1. The molecule has 8 heteroatoms. The van der Waals surface area contributed by atoms with Crippen molar-refractivity contribution in [2.45, 2.75) is 25.5 Å². The number of hydrogen-bond acceptors (Lipinski definition) is 4. The summed E-state index contributed by atoms with van der Waals surface area (Å²) in [5, 5.41) is 16.8. The first-order chi connectivity index (χ1) is 14.1. The van der Waals surface area contributed by atoms with Gasteiger partial charge in [0.2, 0.25) is 0 Å². The second-order valence-corrected chi connectivity index (χ2v) is 7.05. The van der Waals surface area contributed by atoms with Crippen molar-refractivity contribution in [3.05, 3.63) is 60.4 Å². The van der Waals surface area contributed by atoms with Crippen molar-refractivity contribution >= 4 is 35.6 Å². The molecule has 1 saturated heterocycles. The molecular formula is C22H30FIN4O2. The van der Waals surface area contributed by atoms with Crippen LogP contribution in [-0.2, 0) is 0 Å². The Kier molecular flexibility index (Phi) is 10.2. The van der Waals surface area contributed by atoms with Crippen LogP contribution in [0.2, 0.25) is 0 Å². The van der Waals surface area contributed by atoms with Gasteiger partial charge >= 0.3 is 0 Å². The van der Waals surface area contributed by atoms with Gasteiger partial charge in [-0.05, 0) is 49.7 Å². The number of halogens is 2. The van der Waals surface area contributed by atoms with E-state index in [-0.39, 0.29) is 42.9 Å². The van der Waals surface area contributed by atoms with Gasteiger partial charge in [-0.1, -0.05) is 18.2 Å². The molecule has 30 heavy (non-hydrogen) atoms. The molecule has 2 unspecified atom stereocenters. The van der Waals surface area contributed by atoms with E-state index in [9.17, 15) is 9.50 Å². The average molecular weight is 528 g/mol. The van der Waals surface area contributed by atoms with Crippen LogP contribution in [0.5, 0.6) is 5.75 Å². The van der Waals surface area contributed by atoms with Crippen molar-refractivity contribution in [1.82, 2.24) is 10.6 Å². The quantitative estimate of drug-likeness (QED) is 0.279. The van der Waals surface area contributed by atoms with E-state index in [4.69, 9.17) is 4.74 Å². The highest BCUT2D eigenvalue weighted by molar-refractivity contribution is 14.0. The number of nitrogens with one attached hydrogen (secondary N) is 2. The highest BCUT2D eigenvalue weighted by Crippen LogP contribution is 2.19. The van der Waals surface area contributed by atoms with E-state index in [0.29, 0.717) is 17.8 Å². The van der Waals surface area contributed by atoms with Crippen LogP contribution in [-0.4, -0.2) is 56.0 Å². The lowest BCUT2D eigenvalue weighted by molar-refractivity contribution is 0.114. The standard InChI is InChI=1S/C22H29FN4O2.HI/c1-2-24-22(25-14-20(28)16-29-21-10-8-17(23)9-11-21)26-18-12-13-27(15-18)19-6-4-3-5-7-19;/h3-11,18,20,28H,2,12-16H2,1H3,(H2,24,25,26);1H. The summed E-state index contributed by atoms with van der Waals surface area (Å²) in [4.78, 5) is 6.84. The molecule has 1 aliphatic rings. The molecule has 0 bridgehead atoms. The lowest BCUT2D eigenvalue weighted by Crippen LogP contribution is -2.45. The van der Waals surface area contributed by atoms with Crippen LogP contribution >= 0.6 is 24.0 Å². The molecule has 3 rings (SSSR count). The molecule has 0 saturated carbocycles. The second-order valence-electron chi connectivity index (χ2n) is 7.05. The molecule has 1 fully saturated rings. The van der Waals surface area contributed by atoms with Gasteiger partial charge in [-0.15, -0.1) is 24.0 Å². The van der Waals surface area contributed by atoms with E-state index in [2.05, 4.69) is 44.8 Å². The molecule has 2 aromatic rings. The highest BCUT2D eigenvalue weighted by atomic mass is 127. The minimum atomic E-state index is -0.750. The van der Waals surface area contributed by atoms with Gasteiger partial charge in [0.05, 0.1) is 6.54 Å². The topological polar surface area (TPSA) is 69.1 Å². The van der Waals surface area contributed by atoms with Crippen molar-refractivity contribution in [3.8, 4) is 5.75 Å². The monoisotopic (exact) mass is 528 g/mol. The summed E-state index contributed by atoms with van der Waals surface area (Å²) in [6, 6.07) is 16.4. The zero-order valence-electron chi connectivity index (χ0n) is 17.1. The zero-order valence-corrected chi connectivity index (χ0v) is 19.5. The van der Waals surface area contributed by atoms with Gasteiger partial charge in [0.1, 0.15) is 24.3 Å². The first-order valence-electron chi connectivity index (χ1n) is 10.1. The van der Waals surface area contributed by atoms with Crippen LogP contribution < -0.4 is 20.3 Å². The number of hydrogen-bond donors (Lipinski definition) is 3. The molecule has 0 aliphatic carbocycles. The normalized spacial score (nSPS) is 17.2. The Labute approximate surface area is 194 Å². The first kappa shape index (κ1) is 24.2. The molecule has 6 nitrogen and oxygen atoms in total. The molecular weight excluding hydrogens is 498 g/mol. The van der Waals surface area contributed by atoms with Gasteiger partial charge in [-0.2, -0.15) is 0 Å². The molecule has 0 amide bonds. The Morgan fingerprint density at radius 2 is 1.97 bits per heavy atom. The number of rotatable bonds is 8. The van der Waals surface area contributed by atoms with Gasteiger partial charge in [-0.3, -0.25) is 4.99 Å². The predicted octanol–water partition coefficient (Wildman–Crippen LogP) is 3.02.